The molecule has 0 spiro atoms. The molecule has 4 aliphatic rings. The number of hydrogen-bond donors (Lipinski definition) is 2. The van der Waals surface area contributed by atoms with Gasteiger partial charge in [0.2, 0.25) is 5.91 Å². The highest BCUT2D eigenvalue weighted by Gasteiger charge is 2.46. The third kappa shape index (κ3) is 7.53. The Labute approximate surface area is 318 Å². The number of nitrogens with zero attached hydrogens (tertiary/aromatic N) is 7. The number of hydrazine groups is 1. The molecular formula is C38H42Cl2N8O5. The van der Waals surface area contributed by atoms with Crippen molar-refractivity contribution in [1.29, 1.82) is 0 Å². The van der Waals surface area contributed by atoms with Gasteiger partial charge >= 0.3 is 5.97 Å². The molecule has 278 valence electrons. The Balaban J connectivity index is 1.08. The van der Waals surface area contributed by atoms with Crippen molar-refractivity contribution in [3.63, 3.8) is 0 Å². The number of amides is 2. The lowest BCUT2D eigenvalue weighted by atomic mass is 9.72. The Morgan fingerprint density at radius 2 is 1.83 bits per heavy atom. The summed E-state index contributed by atoms with van der Waals surface area (Å²) in [4.78, 5) is 48.4. The van der Waals surface area contributed by atoms with E-state index in [4.69, 9.17) is 27.9 Å². The maximum atomic E-state index is 14.2. The molecular weight excluding hydrogens is 719 g/mol. The van der Waals surface area contributed by atoms with Crippen LogP contribution in [-0.4, -0.2) is 102 Å². The van der Waals surface area contributed by atoms with E-state index >= 15 is 0 Å². The topological polar surface area (TPSA) is 152 Å². The van der Waals surface area contributed by atoms with Crippen molar-refractivity contribution < 1.29 is 24.2 Å². The molecule has 15 heteroatoms. The van der Waals surface area contributed by atoms with Gasteiger partial charge in [0.25, 0.3) is 5.91 Å². The van der Waals surface area contributed by atoms with Crippen LogP contribution in [0.3, 0.4) is 0 Å². The maximum Gasteiger partial charge on any atom is 0.307 e. The number of hydrogen-bond acceptors (Lipinski definition) is 10. The first-order valence-corrected chi connectivity index (χ1v) is 18.6. The predicted molar refractivity (Wildman–Crippen MR) is 199 cm³/mol. The standard InChI is InChI=1S/C38H42Cl2N8O5/c1-53-33-7-4-25(32-22-42-45-43-32)19-29(33)34(49)47-18-10-37(24-47,27-5-6-30(39)31(40)20-27)9-15-46-16-11-38(12-17-46,28-3-2-13-41-21-28)36(52)44-48-14-8-26(23-48)35(50)51/h2-7,13,19-22,26,32H,8-12,14-18,23-24H2,1H3,(H,44,52)(H,50,51). The van der Waals surface area contributed by atoms with E-state index in [1.54, 1.807) is 36.8 Å². The molecule has 0 radical (unpaired) electrons. The number of carboxylic acids is 1. The number of aliphatic carboxylic acids is 1. The average Bonchev–Trinajstić information content (AvgIpc) is 3.98. The summed E-state index contributed by atoms with van der Waals surface area (Å²) in [6.07, 6.45) is 8.22. The molecule has 3 aromatic rings. The summed E-state index contributed by atoms with van der Waals surface area (Å²) >= 11 is 12.9. The molecule has 13 nitrogen and oxygen atoms in total. The molecule has 3 atom stereocenters. The van der Waals surface area contributed by atoms with Gasteiger partial charge in [0.05, 0.1) is 40.3 Å². The molecule has 3 unspecified atom stereocenters. The van der Waals surface area contributed by atoms with Crippen molar-refractivity contribution in [2.75, 3.05) is 52.9 Å². The van der Waals surface area contributed by atoms with Crippen molar-refractivity contribution in [2.24, 2.45) is 21.4 Å². The molecule has 3 fully saturated rings. The highest BCUT2D eigenvalue weighted by atomic mass is 35.5. The number of nitrogens with one attached hydrogen (secondary N) is 1. The zero-order chi connectivity index (χ0) is 37.2. The quantitative estimate of drug-likeness (QED) is 0.259. The molecule has 2 aromatic carbocycles. The number of likely N-dealkylation sites (tertiary alicyclic amines) is 2. The zero-order valence-electron chi connectivity index (χ0n) is 29.5. The number of aromatic nitrogens is 1. The van der Waals surface area contributed by atoms with E-state index in [-0.39, 0.29) is 24.4 Å². The van der Waals surface area contributed by atoms with Gasteiger partial charge in [-0.1, -0.05) is 41.4 Å². The van der Waals surface area contributed by atoms with Gasteiger partial charge < -0.3 is 19.6 Å². The fourth-order valence-electron chi connectivity index (χ4n) is 8.20. The Hall–Kier alpha value is -4.43. The van der Waals surface area contributed by atoms with Gasteiger partial charge in [0.1, 0.15) is 11.8 Å². The summed E-state index contributed by atoms with van der Waals surface area (Å²) in [5.41, 5.74) is 5.00. The van der Waals surface area contributed by atoms with E-state index in [2.05, 4.69) is 30.7 Å². The van der Waals surface area contributed by atoms with Crippen molar-refractivity contribution in [1.82, 2.24) is 25.2 Å². The number of methoxy groups -OCH3 is 1. The third-order valence-electron chi connectivity index (χ3n) is 11.5. The Morgan fingerprint density at radius 1 is 1.00 bits per heavy atom. The molecule has 7 rings (SSSR count). The molecule has 5 heterocycles. The van der Waals surface area contributed by atoms with Crippen LogP contribution in [0.2, 0.25) is 10.0 Å². The molecule has 2 amide bonds. The van der Waals surface area contributed by atoms with Crippen LogP contribution < -0.4 is 10.2 Å². The van der Waals surface area contributed by atoms with E-state index < -0.39 is 22.7 Å². The highest BCUT2D eigenvalue weighted by Crippen LogP contribution is 2.43. The first-order valence-electron chi connectivity index (χ1n) is 17.9. The monoisotopic (exact) mass is 760 g/mol. The Kier molecular flexibility index (Phi) is 10.8. The lowest BCUT2D eigenvalue weighted by Gasteiger charge is -2.42. The van der Waals surface area contributed by atoms with Crippen LogP contribution in [0, 0.1) is 5.92 Å². The zero-order valence-corrected chi connectivity index (χ0v) is 31.0. The Morgan fingerprint density at radius 3 is 2.51 bits per heavy atom. The van der Waals surface area contributed by atoms with E-state index in [0.717, 1.165) is 36.1 Å². The lowest BCUT2D eigenvalue weighted by molar-refractivity contribution is -0.142. The first-order chi connectivity index (χ1) is 25.6. The van der Waals surface area contributed by atoms with Crippen LogP contribution in [-0.2, 0) is 20.4 Å². The second kappa shape index (κ2) is 15.5. The molecule has 3 saturated heterocycles. The second-order valence-electron chi connectivity index (χ2n) is 14.4. The van der Waals surface area contributed by atoms with Crippen LogP contribution in [0.15, 0.2) is 76.4 Å². The fourth-order valence-corrected chi connectivity index (χ4v) is 8.50. The van der Waals surface area contributed by atoms with Gasteiger partial charge in [0, 0.05) is 44.0 Å². The summed E-state index contributed by atoms with van der Waals surface area (Å²) < 4.78 is 5.62. The fraction of sp³-hybridized carbons (Fsp3) is 0.447. The number of ether oxygens (including phenoxy) is 1. The predicted octanol–water partition coefficient (Wildman–Crippen LogP) is 5.54. The third-order valence-corrected chi connectivity index (χ3v) is 12.2. The number of pyridine rings is 1. The number of piperidine rings is 1. The summed E-state index contributed by atoms with van der Waals surface area (Å²) in [6, 6.07) is 14.7. The smallest absolute Gasteiger partial charge is 0.307 e. The highest BCUT2D eigenvalue weighted by molar-refractivity contribution is 6.42. The number of carbonyl (C=O) groups is 3. The average molecular weight is 762 g/mol. The van der Waals surface area contributed by atoms with E-state index in [0.29, 0.717) is 73.3 Å². The van der Waals surface area contributed by atoms with Crippen molar-refractivity contribution in [3.8, 4) is 5.75 Å². The summed E-state index contributed by atoms with van der Waals surface area (Å²) in [5.74, 6) is -1.12. The van der Waals surface area contributed by atoms with Gasteiger partial charge in [0.15, 0.2) is 0 Å². The normalized spacial score (nSPS) is 24.1. The van der Waals surface area contributed by atoms with Gasteiger partial charge in [-0.15, -0.1) is 5.10 Å². The van der Waals surface area contributed by atoms with Crippen LogP contribution in [0.25, 0.3) is 0 Å². The molecule has 0 aliphatic carbocycles. The number of carboxylic acid groups (broad SMARTS) is 1. The Bertz CT molecular complexity index is 1910. The van der Waals surface area contributed by atoms with Crippen LogP contribution in [0.5, 0.6) is 5.75 Å². The number of rotatable bonds is 11. The van der Waals surface area contributed by atoms with E-state index in [9.17, 15) is 19.5 Å². The molecule has 2 N–H and O–H groups in total. The van der Waals surface area contributed by atoms with Crippen LogP contribution in [0.1, 0.15) is 65.2 Å². The van der Waals surface area contributed by atoms with Gasteiger partial charge in [-0.25, -0.2) is 5.01 Å². The van der Waals surface area contributed by atoms with Gasteiger partial charge in [-0.3, -0.25) is 24.8 Å². The second-order valence-corrected chi connectivity index (χ2v) is 15.2. The largest absolute Gasteiger partial charge is 0.496 e. The summed E-state index contributed by atoms with van der Waals surface area (Å²) in [6.45, 7) is 3.88. The maximum absolute atomic E-state index is 14.2. The van der Waals surface area contributed by atoms with Crippen molar-refractivity contribution in [2.45, 2.75) is 49.0 Å². The summed E-state index contributed by atoms with van der Waals surface area (Å²) in [5, 5.41) is 23.9. The van der Waals surface area contributed by atoms with Gasteiger partial charge in [-0.2, -0.15) is 5.11 Å². The minimum atomic E-state index is -0.845. The van der Waals surface area contributed by atoms with Crippen LogP contribution >= 0.6 is 23.2 Å². The van der Waals surface area contributed by atoms with Crippen molar-refractivity contribution >= 4 is 47.2 Å². The lowest BCUT2D eigenvalue weighted by Crippen LogP contribution is -2.55. The minimum Gasteiger partial charge on any atom is -0.496 e. The first kappa shape index (κ1) is 36.9. The number of benzene rings is 2. The van der Waals surface area contributed by atoms with E-state index in [1.165, 1.54) is 0 Å². The molecule has 4 aliphatic heterocycles. The molecule has 0 bridgehead atoms. The van der Waals surface area contributed by atoms with Crippen LogP contribution in [0.4, 0.5) is 0 Å². The SMILES string of the molecule is COc1ccc(C2C=NN=N2)cc1C(=O)N1CCC(CCN2CCC(C(=O)NN3CCC(C(=O)O)C3)(c3cccnc3)CC2)(c2ccc(Cl)c(Cl)c2)C1. The molecule has 0 saturated carbocycles. The number of halogens is 2. The number of carbonyl (C=O) groups excluding carboxylic acids is 2. The summed E-state index contributed by atoms with van der Waals surface area (Å²) in [7, 11) is 1.55. The van der Waals surface area contributed by atoms with Gasteiger partial charge in [-0.05, 0) is 104 Å². The molecule has 53 heavy (non-hydrogen) atoms. The van der Waals surface area contributed by atoms with Crippen molar-refractivity contribution in [3.05, 3.63) is 93.2 Å². The molecule has 1 aromatic heterocycles. The minimum absolute atomic E-state index is 0.129. The van der Waals surface area contributed by atoms with E-state index in [1.807, 2.05) is 47.4 Å².